The summed E-state index contributed by atoms with van der Waals surface area (Å²) in [5, 5.41) is 7.23. The summed E-state index contributed by atoms with van der Waals surface area (Å²) in [4.78, 5) is 73.5. The predicted octanol–water partition coefficient (Wildman–Crippen LogP) is -2.56. The molecule has 33 heavy (non-hydrogen) atoms. The zero-order valence-electron chi connectivity index (χ0n) is 18.4. The Bertz CT molecular complexity index is 787. The lowest BCUT2D eigenvalue weighted by Crippen LogP contribution is -2.48. The number of esters is 6. The van der Waals surface area contributed by atoms with Crippen LogP contribution in [-0.2, 0) is 57.2 Å². The fourth-order valence-electron chi connectivity index (χ4n) is 2.32. The van der Waals surface area contributed by atoms with E-state index in [2.05, 4.69) is 44.4 Å². The van der Waals surface area contributed by atoms with E-state index in [1.807, 2.05) is 0 Å². The minimum atomic E-state index is -1.21. The molecule has 0 unspecified atom stereocenters. The Morgan fingerprint density at radius 1 is 0.394 bits per heavy atom. The SMILES string of the molecule is COC(=O)C(C(=O)OC)=C1NC(=C(C(=O)OC)C(=O)OC)NC(=C(C(=O)OC)C(=O)OC)N1. The van der Waals surface area contributed by atoms with E-state index in [0.29, 0.717) is 0 Å². The van der Waals surface area contributed by atoms with E-state index in [4.69, 9.17) is 0 Å². The number of carbonyl (C=O) groups is 6. The Kier molecular flexibility index (Phi) is 9.41. The molecule has 0 amide bonds. The second-order valence-corrected chi connectivity index (χ2v) is 5.57. The van der Waals surface area contributed by atoms with Crippen molar-refractivity contribution in [3.8, 4) is 0 Å². The quantitative estimate of drug-likeness (QED) is 0.120. The molecule has 0 atom stereocenters. The zero-order valence-corrected chi connectivity index (χ0v) is 18.4. The largest absolute Gasteiger partial charge is 0.465 e. The molecule has 1 fully saturated rings. The molecule has 0 spiro atoms. The number of carbonyl (C=O) groups excluding carboxylic acids is 6. The number of ether oxygens (including phenoxy) is 6. The van der Waals surface area contributed by atoms with E-state index >= 15 is 0 Å². The third-order valence-corrected chi connectivity index (χ3v) is 3.84. The first-order valence-corrected chi connectivity index (χ1v) is 8.65. The smallest absolute Gasteiger partial charge is 0.349 e. The van der Waals surface area contributed by atoms with Crippen LogP contribution in [0.3, 0.4) is 0 Å². The summed E-state index contributed by atoms with van der Waals surface area (Å²) in [6.07, 6.45) is 0. The lowest BCUT2D eigenvalue weighted by molar-refractivity contribution is -0.145. The monoisotopic (exact) mass is 471 g/mol. The van der Waals surface area contributed by atoms with Gasteiger partial charge in [-0.15, -0.1) is 0 Å². The van der Waals surface area contributed by atoms with E-state index in [-0.39, 0.29) is 0 Å². The van der Waals surface area contributed by atoms with E-state index < -0.39 is 70.0 Å². The number of methoxy groups -OCH3 is 6. The van der Waals surface area contributed by atoms with Crippen molar-refractivity contribution in [3.63, 3.8) is 0 Å². The van der Waals surface area contributed by atoms with Crippen LogP contribution in [0.15, 0.2) is 34.2 Å². The van der Waals surface area contributed by atoms with Crippen LogP contribution in [0.1, 0.15) is 0 Å². The van der Waals surface area contributed by atoms with Gasteiger partial charge in [-0.05, 0) is 0 Å². The highest BCUT2D eigenvalue weighted by Gasteiger charge is 2.36. The average Bonchev–Trinajstić information content (AvgIpc) is 2.83. The lowest BCUT2D eigenvalue weighted by atomic mass is 10.1. The van der Waals surface area contributed by atoms with Crippen LogP contribution in [0.4, 0.5) is 0 Å². The maximum absolute atomic E-state index is 12.2. The van der Waals surface area contributed by atoms with Gasteiger partial charge in [-0.3, -0.25) is 0 Å². The topological polar surface area (TPSA) is 194 Å². The second kappa shape index (κ2) is 11.7. The molecule has 3 N–H and O–H groups in total. The van der Waals surface area contributed by atoms with Gasteiger partial charge in [0.15, 0.2) is 16.7 Å². The Morgan fingerprint density at radius 3 is 0.667 bits per heavy atom. The molecular weight excluding hydrogens is 450 g/mol. The van der Waals surface area contributed by atoms with Gasteiger partial charge in [0.25, 0.3) is 0 Å². The van der Waals surface area contributed by atoms with E-state index in [0.717, 1.165) is 42.7 Å². The first-order chi connectivity index (χ1) is 15.6. The van der Waals surface area contributed by atoms with Crippen LogP contribution < -0.4 is 16.0 Å². The Labute approximate surface area is 186 Å². The van der Waals surface area contributed by atoms with Crippen molar-refractivity contribution in [2.45, 2.75) is 0 Å². The zero-order chi connectivity index (χ0) is 25.3. The number of rotatable bonds is 6. The molecule has 0 aromatic rings. The maximum Gasteiger partial charge on any atom is 0.349 e. The predicted molar refractivity (Wildman–Crippen MR) is 103 cm³/mol. The molecule has 15 nitrogen and oxygen atoms in total. The molecule has 15 heteroatoms. The highest BCUT2D eigenvalue weighted by molar-refractivity contribution is 6.17. The fraction of sp³-hybridized carbons (Fsp3) is 0.333. The van der Waals surface area contributed by atoms with Gasteiger partial charge < -0.3 is 44.4 Å². The Morgan fingerprint density at radius 2 is 0.545 bits per heavy atom. The van der Waals surface area contributed by atoms with Crippen molar-refractivity contribution in [2.24, 2.45) is 0 Å². The van der Waals surface area contributed by atoms with Gasteiger partial charge in [-0.2, -0.15) is 0 Å². The molecule has 0 radical (unpaired) electrons. The summed E-state index contributed by atoms with van der Waals surface area (Å²) in [6.45, 7) is 0. The summed E-state index contributed by atoms with van der Waals surface area (Å²) < 4.78 is 27.3. The van der Waals surface area contributed by atoms with Crippen molar-refractivity contribution in [2.75, 3.05) is 42.7 Å². The second-order valence-electron chi connectivity index (χ2n) is 5.57. The van der Waals surface area contributed by atoms with Crippen LogP contribution >= 0.6 is 0 Å². The minimum absolute atomic E-state index is 0.548. The molecule has 0 saturated carbocycles. The molecular formula is C18H21N3O12. The van der Waals surface area contributed by atoms with Crippen LogP contribution in [-0.4, -0.2) is 78.5 Å². The van der Waals surface area contributed by atoms with Gasteiger partial charge in [0, 0.05) is 0 Å². The molecule has 180 valence electrons. The molecule has 0 aliphatic carbocycles. The number of hydrogen-bond acceptors (Lipinski definition) is 15. The van der Waals surface area contributed by atoms with Crippen molar-refractivity contribution >= 4 is 35.8 Å². The van der Waals surface area contributed by atoms with Gasteiger partial charge in [0.1, 0.15) is 17.5 Å². The van der Waals surface area contributed by atoms with Gasteiger partial charge in [0.2, 0.25) is 0 Å². The van der Waals surface area contributed by atoms with E-state index in [1.54, 1.807) is 0 Å². The summed E-state index contributed by atoms with van der Waals surface area (Å²) >= 11 is 0. The third kappa shape index (κ3) is 5.78. The van der Waals surface area contributed by atoms with Crippen LogP contribution in [0, 0.1) is 0 Å². The number of nitrogens with one attached hydrogen (secondary N) is 3. The van der Waals surface area contributed by atoms with Crippen LogP contribution in [0.5, 0.6) is 0 Å². The summed E-state index contributed by atoms with van der Waals surface area (Å²) in [5.41, 5.74) is -2.38. The highest BCUT2D eigenvalue weighted by Crippen LogP contribution is 2.18. The first-order valence-electron chi connectivity index (χ1n) is 8.65. The molecule has 0 bridgehead atoms. The maximum atomic E-state index is 12.2. The Balaban J connectivity index is 4.09. The standard InChI is InChI=1S/C18H21N3O12/c1-28-13(22)7(14(23)29-2)10-19-11(8(15(24)30-3)16(25)31-4)21-12(20-10)9(17(26)32-5)18(27)33-6/h19-21H,1-6H3. The summed E-state index contributed by atoms with van der Waals surface area (Å²) in [7, 11) is 5.77. The van der Waals surface area contributed by atoms with Crippen molar-refractivity contribution in [3.05, 3.63) is 34.2 Å². The van der Waals surface area contributed by atoms with Crippen LogP contribution in [0.2, 0.25) is 0 Å². The number of hydrogen-bond donors (Lipinski definition) is 3. The van der Waals surface area contributed by atoms with E-state index in [1.165, 1.54) is 0 Å². The average molecular weight is 471 g/mol. The molecule has 1 rings (SSSR count). The molecule has 1 saturated heterocycles. The Hall–Kier alpha value is -4.56. The highest BCUT2D eigenvalue weighted by atomic mass is 16.6. The van der Waals surface area contributed by atoms with Crippen molar-refractivity contribution < 1.29 is 57.2 Å². The van der Waals surface area contributed by atoms with E-state index in [9.17, 15) is 28.8 Å². The van der Waals surface area contributed by atoms with Crippen molar-refractivity contribution in [1.82, 2.24) is 16.0 Å². The van der Waals surface area contributed by atoms with Crippen molar-refractivity contribution in [1.29, 1.82) is 0 Å². The molecule has 0 aromatic carbocycles. The normalized spacial score (nSPS) is 12.0. The van der Waals surface area contributed by atoms with Crippen LogP contribution in [0.25, 0.3) is 0 Å². The van der Waals surface area contributed by atoms with Gasteiger partial charge in [-0.25, -0.2) is 28.8 Å². The third-order valence-electron chi connectivity index (χ3n) is 3.84. The first kappa shape index (κ1) is 26.5. The van der Waals surface area contributed by atoms with Gasteiger partial charge in [0.05, 0.1) is 42.7 Å². The fourth-order valence-corrected chi connectivity index (χ4v) is 2.32. The van der Waals surface area contributed by atoms with Gasteiger partial charge in [-0.1, -0.05) is 0 Å². The van der Waals surface area contributed by atoms with Gasteiger partial charge >= 0.3 is 35.8 Å². The molecule has 1 aliphatic rings. The summed E-state index contributed by atoms with van der Waals surface area (Å²) in [6, 6.07) is 0. The molecule has 1 aliphatic heterocycles. The molecule has 1 heterocycles. The minimum Gasteiger partial charge on any atom is -0.465 e. The summed E-state index contributed by atoms with van der Waals surface area (Å²) in [5.74, 6) is -8.93. The molecule has 0 aromatic heterocycles. The lowest BCUT2D eigenvalue weighted by Gasteiger charge is -2.29.